The van der Waals surface area contributed by atoms with E-state index in [1.165, 1.54) is 16.4 Å². The van der Waals surface area contributed by atoms with Gasteiger partial charge in [0, 0.05) is 18.1 Å². The molecular formula is C21H25ClN2O3S. The summed E-state index contributed by atoms with van der Waals surface area (Å²) >= 11 is 5.86. The molecule has 1 heterocycles. The first kappa shape index (κ1) is 20.8. The minimum Gasteiger partial charge on any atom is -0.349 e. The van der Waals surface area contributed by atoms with Crippen molar-refractivity contribution < 1.29 is 13.2 Å². The van der Waals surface area contributed by atoms with Gasteiger partial charge in [-0.05, 0) is 56.5 Å². The third-order valence-corrected chi connectivity index (χ3v) is 7.27. The Kier molecular flexibility index (Phi) is 6.43. The average molecular weight is 421 g/mol. The number of nitrogens with one attached hydrogen (secondary N) is 1. The van der Waals surface area contributed by atoms with Crippen LogP contribution in [0.5, 0.6) is 0 Å². The van der Waals surface area contributed by atoms with Gasteiger partial charge >= 0.3 is 0 Å². The largest absolute Gasteiger partial charge is 0.349 e. The first-order valence-electron chi connectivity index (χ1n) is 9.40. The first-order valence-corrected chi connectivity index (χ1v) is 11.2. The second-order valence-electron chi connectivity index (χ2n) is 7.30. The lowest BCUT2D eigenvalue weighted by Gasteiger charge is -2.32. The highest BCUT2D eigenvalue weighted by atomic mass is 35.5. The van der Waals surface area contributed by atoms with Gasteiger partial charge in [-0.15, -0.1) is 0 Å². The molecule has 2 aromatic rings. The maximum atomic E-state index is 12.9. The third kappa shape index (κ3) is 4.74. The molecule has 1 N–H and O–H groups in total. The summed E-state index contributed by atoms with van der Waals surface area (Å²) in [7, 11) is -3.64. The Morgan fingerprint density at radius 3 is 2.43 bits per heavy atom. The molecule has 1 saturated heterocycles. The highest BCUT2D eigenvalue weighted by Crippen LogP contribution is 2.25. The van der Waals surface area contributed by atoms with Gasteiger partial charge < -0.3 is 5.32 Å². The van der Waals surface area contributed by atoms with Crippen LogP contribution in [-0.4, -0.2) is 31.7 Å². The van der Waals surface area contributed by atoms with Crippen molar-refractivity contribution in [2.75, 3.05) is 13.1 Å². The lowest BCUT2D eigenvalue weighted by Crippen LogP contribution is -2.45. The molecule has 0 saturated carbocycles. The van der Waals surface area contributed by atoms with E-state index in [1.807, 2.05) is 38.1 Å². The molecule has 150 valence electrons. The van der Waals surface area contributed by atoms with Crippen LogP contribution in [0.2, 0.25) is 5.02 Å². The van der Waals surface area contributed by atoms with Crippen molar-refractivity contribution in [2.45, 2.75) is 37.6 Å². The van der Waals surface area contributed by atoms with Gasteiger partial charge in [-0.1, -0.05) is 41.4 Å². The number of aryl methyl sites for hydroxylation is 1. The molecule has 0 bridgehead atoms. The molecule has 1 aliphatic rings. The molecule has 1 amide bonds. The van der Waals surface area contributed by atoms with Gasteiger partial charge in [-0.2, -0.15) is 4.31 Å². The Bertz CT molecular complexity index is 927. The van der Waals surface area contributed by atoms with Gasteiger partial charge in [-0.25, -0.2) is 8.42 Å². The average Bonchev–Trinajstić information content (AvgIpc) is 2.69. The summed E-state index contributed by atoms with van der Waals surface area (Å²) in [5.74, 6) is -0.465. The fourth-order valence-electron chi connectivity index (χ4n) is 3.40. The minimum absolute atomic E-state index is 0.107. The summed E-state index contributed by atoms with van der Waals surface area (Å²) in [5, 5.41) is 3.51. The van der Waals surface area contributed by atoms with Crippen molar-refractivity contribution in [3.05, 3.63) is 64.7 Å². The number of carbonyl (C=O) groups is 1. The first-order chi connectivity index (χ1) is 13.3. The van der Waals surface area contributed by atoms with Crippen molar-refractivity contribution in [2.24, 2.45) is 5.92 Å². The molecule has 0 radical (unpaired) electrons. The summed E-state index contributed by atoms with van der Waals surface area (Å²) in [4.78, 5) is 13.0. The second kappa shape index (κ2) is 8.64. The Morgan fingerprint density at radius 1 is 1.14 bits per heavy atom. The maximum absolute atomic E-state index is 12.9. The van der Waals surface area contributed by atoms with Crippen molar-refractivity contribution in [3.8, 4) is 0 Å². The number of hydrogen-bond donors (Lipinski definition) is 1. The lowest BCUT2D eigenvalue weighted by atomic mass is 9.97. The van der Waals surface area contributed by atoms with E-state index in [9.17, 15) is 13.2 Å². The fraction of sp³-hybridized carbons (Fsp3) is 0.381. The molecule has 1 aliphatic heterocycles. The predicted octanol–water partition coefficient (Wildman–Crippen LogP) is 3.93. The number of piperidine rings is 1. The SMILES string of the molecule is Cc1ccc(C(C)NC(=O)C2CCCN(S(=O)(=O)c3ccc(Cl)cc3)C2)cc1. The molecule has 2 unspecified atom stereocenters. The summed E-state index contributed by atoms with van der Waals surface area (Å²) in [6.07, 6.45) is 1.34. The molecule has 1 fully saturated rings. The highest BCUT2D eigenvalue weighted by Gasteiger charge is 2.33. The molecule has 5 nitrogen and oxygen atoms in total. The number of sulfonamides is 1. The molecule has 0 aromatic heterocycles. The smallest absolute Gasteiger partial charge is 0.243 e. The van der Waals surface area contributed by atoms with Crippen molar-refractivity contribution in [1.82, 2.24) is 9.62 Å². The van der Waals surface area contributed by atoms with Gasteiger partial charge in [0.15, 0.2) is 0 Å². The topological polar surface area (TPSA) is 66.5 Å². The summed E-state index contributed by atoms with van der Waals surface area (Å²) < 4.78 is 27.2. The molecule has 7 heteroatoms. The van der Waals surface area contributed by atoms with Gasteiger partial charge in [0.2, 0.25) is 15.9 Å². The Morgan fingerprint density at radius 2 is 1.79 bits per heavy atom. The number of carbonyl (C=O) groups excluding carboxylic acids is 1. The van der Waals surface area contributed by atoms with Gasteiger partial charge in [0.05, 0.1) is 16.9 Å². The lowest BCUT2D eigenvalue weighted by molar-refractivity contribution is -0.126. The Balaban J connectivity index is 1.67. The van der Waals surface area contributed by atoms with Crippen molar-refractivity contribution in [3.63, 3.8) is 0 Å². The van der Waals surface area contributed by atoms with E-state index in [0.717, 1.165) is 11.1 Å². The molecule has 2 aromatic carbocycles. The van der Waals surface area contributed by atoms with E-state index in [2.05, 4.69) is 5.32 Å². The fourth-order valence-corrected chi connectivity index (χ4v) is 5.05. The number of rotatable bonds is 5. The number of halogens is 1. The summed E-state index contributed by atoms with van der Waals surface area (Å²) in [6, 6.07) is 14.0. The highest BCUT2D eigenvalue weighted by molar-refractivity contribution is 7.89. The molecule has 0 spiro atoms. The van der Waals surface area contributed by atoms with E-state index in [0.29, 0.717) is 24.4 Å². The van der Waals surface area contributed by atoms with Crippen LogP contribution in [0.4, 0.5) is 0 Å². The number of hydrogen-bond acceptors (Lipinski definition) is 3. The zero-order chi connectivity index (χ0) is 20.3. The minimum atomic E-state index is -3.64. The van der Waals surface area contributed by atoms with E-state index in [4.69, 9.17) is 11.6 Å². The van der Waals surface area contributed by atoms with Crippen molar-refractivity contribution in [1.29, 1.82) is 0 Å². The third-order valence-electron chi connectivity index (χ3n) is 5.14. The predicted molar refractivity (Wildman–Crippen MR) is 111 cm³/mol. The number of amides is 1. The molecule has 28 heavy (non-hydrogen) atoms. The van der Waals surface area contributed by atoms with Crippen LogP contribution < -0.4 is 5.32 Å². The van der Waals surface area contributed by atoms with Gasteiger partial charge in [0.1, 0.15) is 0 Å². The monoisotopic (exact) mass is 420 g/mol. The zero-order valence-electron chi connectivity index (χ0n) is 16.1. The molecular weight excluding hydrogens is 396 g/mol. The van der Waals surface area contributed by atoms with Crippen LogP contribution in [0.3, 0.4) is 0 Å². The molecule has 2 atom stereocenters. The van der Waals surface area contributed by atoms with Crippen LogP contribution in [0.1, 0.15) is 36.9 Å². The summed E-state index contributed by atoms with van der Waals surface area (Å²) in [5.41, 5.74) is 2.19. The quantitative estimate of drug-likeness (QED) is 0.796. The van der Waals surface area contributed by atoms with E-state index in [1.54, 1.807) is 12.1 Å². The van der Waals surface area contributed by atoms with Gasteiger partial charge in [0.25, 0.3) is 0 Å². The zero-order valence-corrected chi connectivity index (χ0v) is 17.6. The molecule has 3 rings (SSSR count). The number of nitrogens with zero attached hydrogens (tertiary/aromatic N) is 1. The normalized spacial score (nSPS) is 19.2. The Labute approximate surface area is 171 Å². The second-order valence-corrected chi connectivity index (χ2v) is 9.67. The van der Waals surface area contributed by atoms with E-state index >= 15 is 0 Å². The van der Waals surface area contributed by atoms with Crippen molar-refractivity contribution >= 4 is 27.5 Å². The maximum Gasteiger partial charge on any atom is 0.243 e. The summed E-state index contributed by atoms with van der Waals surface area (Å²) in [6.45, 7) is 4.57. The van der Waals surface area contributed by atoms with Crippen LogP contribution >= 0.6 is 11.6 Å². The van der Waals surface area contributed by atoms with Crippen LogP contribution in [0.15, 0.2) is 53.4 Å². The van der Waals surface area contributed by atoms with E-state index < -0.39 is 10.0 Å². The van der Waals surface area contributed by atoms with Crippen LogP contribution in [0.25, 0.3) is 0 Å². The van der Waals surface area contributed by atoms with Crippen LogP contribution in [0, 0.1) is 12.8 Å². The number of benzene rings is 2. The Hall–Kier alpha value is -1.89. The van der Waals surface area contributed by atoms with Crippen LogP contribution in [-0.2, 0) is 14.8 Å². The standard InChI is InChI=1S/C21H25ClN2O3S/c1-15-5-7-17(8-6-15)16(2)23-21(25)18-4-3-13-24(14-18)28(26,27)20-11-9-19(22)10-12-20/h5-12,16,18H,3-4,13-14H2,1-2H3,(H,23,25). The van der Waals surface area contributed by atoms with Gasteiger partial charge in [-0.3, -0.25) is 4.79 Å². The van der Waals surface area contributed by atoms with E-state index in [-0.39, 0.29) is 29.3 Å². The molecule has 0 aliphatic carbocycles.